The molecule has 0 radical (unpaired) electrons. The Morgan fingerprint density at radius 3 is 2.59 bits per heavy atom. The van der Waals surface area contributed by atoms with Crippen molar-refractivity contribution in [1.29, 1.82) is 0 Å². The van der Waals surface area contributed by atoms with E-state index in [1.807, 2.05) is 6.07 Å². The summed E-state index contributed by atoms with van der Waals surface area (Å²) in [6.07, 6.45) is 2.71. The van der Waals surface area contributed by atoms with Gasteiger partial charge < -0.3 is 4.90 Å². The number of piperazine rings is 1. The number of carbonyl (C=O) groups is 2. The van der Waals surface area contributed by atoms with E-state index < -0.39 is 0 Å². The van der Waals surface area contributed by atoms with Crippen LogP contribution in [0.4, 0.5) is 5.69 Å². The molecular formula is C23H25Cl2N5O2. The molecule has 2 fully saturated rings. The highest BCUT2D eigenvalue weighted by atomic mass is 35.5. The summed E-state index contributed by atoms with van der Waals surface area (Å²) in [6, 6.07) is 8.35. The van der Waals surface area contributed by atoms with Crippen LogP contribution in [0, 0.1) is 0 Å². The van der Waals surface area contributed by atoms with E-state index in [1.54, 1.807) is 6.20 Å². The monoisotopic (exact) mass is 473 g/mol. The largest absolute Gasteiger partial charge is 0.368 e. The first-order valence-corrected chi connectivity index (χ1v) is 11.7. The Morgan fingerprint density at radius 1 is 1.03 bits per heavy atom. The van der Waals surface area contributed by atoms with Gasteiger partial charge in [0.05, 0.1) is 11.7 Å². The van der Waals surface area contributed by atoms with E-state index in [1.165, 1.54) is 16.7 Å². The summed E-state index contributed by atoms with van der Waals surface area (Å²) in [6.45, 7) is 6.05. The van der Waals surface area contributed by atoms with Crippen molar-refractivity contribution in [3.8, 4) is 0 Å². The molecule has 0 spiro atoms. The number of benzene rings is 1. The van der Waals surface area contributed by atoms with Gasteiger partial charge in [0.2, 0.25) is 11.8 Å². The first kappa shape index (κ1) is 21.6. The zero-order valence-corrected chi connectivity index (χ0v) is 19.2. The summed E-state index contributed by atoms with van der Waals surface area (Å²) in [7, 11) is 0. The number of amides is 2. The summed E-state index contributed by atoms with van der Waals surface area (Å²) in [5.41, 5.74) is 4.78. The quantitative estimate of drug-likeness (QED) is 0.543. The summed E-state index contributed by atoms with van der Waals surface area (Å²) in [5, 5.41) is 3.33. The van der Waals surface area contributed by atoms with Crippen molar-refractivity contribution < 1.29 is 9.59 Å². The number of aromatic nitrogens is 1. The molecule has 0 aliphatic carbocycles. The molecule has 1 aromatic carbocycles. The van der Waals surface area contributed by atoms with Crippen molar-refractivity contribution in [2.24, 2.45) is 0 Å². The van der Waals surface area contributed by atoms with Crippen molar-refractivity contribution in [3.05, 3.63) is 57.3 Å². The van der Waals surface area contributed by atoms with Crippen LogP contribution < -0.4 is 10.2 Å². The van der Waals surface area contributed by atoms with E-state index in [-0.39, 0.29) is 17.9 Å². The molecule has 0 saturated carbocycles. The van der Waals surface area contributed by atoms with Crippen LogP contribution in [0.2, 0.25) is 10.2 Å². The Hall–Kier alpha value is -2.19. The maximum atomic E-state index is 12.2. The van der Waals surface area contributed by atoms with E-state index in [0.29, 0.717) is 23.0 Å². The molecule has 0 bridgehead atoms. The summed E-state index contributed by atoms with van der Waals surface area (Å²) in [4.78, 5) is 34.6. The highest BCUT2D eigenvalue weighted by Gasteiger charge is 2.34. The van der Waals surface area contributed by atoms with Gasteiger partial charge >= 0.3 is 0 Å². The third-order valence-electron chi connectivity index (χ3n) is 6.61. The van der Waals surface area contributed by atoms with Crippen LogP contribution in [0.5, 0.6) is 0 Å². The van der Waals surface area contributed by atoms with Crippen LogP contribution in [0.1, 0.15) is 29.5 Å². The lowest BCUT2D eigenvalue weighted by molar-refractivity contribution is -0.137. The predicted octanol–water partition coefficient (Wildman–Crippen LogP) is 2.83. The van der Waals surface area contributed by atoms with Crippen LogP contribution in [-0.4, -0.2) is 58.8 Å². The first-order chi connectivity index (χ1) is 15.5. The van der Waals surface area contributed by atoms with E-state index in [0.717, 1.165) is 51.5 Å². The Morgan fingerprint density at radius 2 is 1.81 bits per heavy atom. The number of piperidine rings is 1. The van der Waals surface area contributed by atoms with Gasteiger partial charge in [0.25, 0.3) is 0 Å². The fraction of sp³-hybridized carbons (Fsp3) is 0.435. The van der Waals surface area contributed by atoms with Gasteiger partial charge in [-0.1, -0.05) is 41.4 Å². The number of halogens is 2. The lowest BCUT2D eigenvalue weighted by Gasteiger charge is -2.36. The normalized spacial score (nSPS) is 22.2. The number of anilines is 1. The molecule has 3 aliphatic heterocycles. The fourth-order valence-corrected chi connectivity index (χ4v) is 5.27. The van der Waals surface area contributed by atoms with Gasteiger partial charge in [0.15, 0.2) is 0 Å². The number of rotatable bonds is 4. The second kappa shape index (κ2) is 8.98. The van der Waals surface area contributed by atoms with Gasteiger partial charge in [-0.3, -0.25) is 24.7 Å². The lowest BCUT2D eigenvalue weighted by Crippen LogP contribution is -2.50. The second-order valence-corrected chi connectivity index (χ2v) is 9.41. The smallest absolute Gasteiger partial charge is 0.243 e. The lowest BCUT2D eigenvalue weighted by atomic mass is 10.0. The molecule has 32 heavy (non-hydrogen) atoms. The number of carbonyl (C=O) groups excluding carboxylic acids is 2. The zero-order valence-electron chi connectivity index (χ0n) is 17.7. The number of nitrogens with zero attached hydrogens (tertiary/aromatic N) is 4. The molecule has 168 valence electrons. The van der Waals surface area contributed by atoms with Gasteiger partial charge in [-0.15, -0.1) is 0 Å². The van der Waals surface area contributed by atoms with Gasteiger partial charge in [-0.05, 0) is 29.2 Å². The number of nitrogens with one attached hydrogen (secondary N) is 1. The fourth-order valence-electron chi connectivity index (χ4n) is 4.88. The molecule has 3 aliphatic rings. The second-order valence-electron chi connectivity index (χ2n) is 8.67. The first-order valence-electron chi connectivity index (χ1n) is 10.9. The Kier molecular flexibility index (Phi) is 6.07. The van der Waals surface area contributed by atoms with E-state index >= 15 is 0 Å². The van der Waals surface area contributed by atoms with E-state index in [9.17, 15) is 9.59 Å². The van der Waals surface area contributed by atoms with Crippen LogP contribution in [-0.2, 0) is 29.2 Å². The summed E-state index contributed by atoms with van der Waals surface area (Å²) in [5.74, 6) is -0.331. The molecular weight excluding hydrogens is 449 g/mol. The van der Waals surface area contributed by atoms with Gasteiger partial charge in [-0.25, -0.2) is 4.98 Å². The predicted molar refractivity (Wildman–Crippen MR) is 124 cm³/mol. The zero-order chi connectivity index (χ0) is 22.2. The minimum Gasteiger partial charge on any atom is -0.368 e. The molecule has 1 atom stereocenters. The van der Waals surface area contributed by atoms with Crippen molar-refractivity contribution in [1.82, 2.24) is 20.1 Å². The average molecular weight is 474 g/mol. The van der Waals surface area contributed by atoms with Crippen molar-refractivity contribution in [3.63, 3.8) is 0 Å². The average Bonchev–Trinajstić information content (AvgIpc) is 3.19. The SMILES string of the molecule is O=C1CCC(N2Cc3ccc(CN4CCN(c5ccnc(Cl)c5Cl)CC4)cc3C2)C(=O)N1. The minimum atomic E-state index is -0.217. The van der Waals surface area contributed by atoms with Crippen molar-refractivity contribution >= 4 is 40.7 Å². The number of hydrogen-bond acceptors (Lipinski definition) is 6. The molecule has 2 saturated heterocycles. The van der Waals surface area contributed by atoms with Crippen molar-refractivity contribution in [2.75, 3.05) is 31.1 Å². The van der Waals surface area contributed by atoms with Crippen LogP contribution in [0.15, 0.2) is 30.5 Å². The molecule has 2 amide bonds. The minimum absolute atomic E-state index is 0.164. The van der Waals surface area contributed by atoms with Crippen LogP contribution >= 0.6 is 23.2 Å². The maximum Gasteiger partial charge on any atom is 0.243 e. The third-order valence-corrected chi connectivity index (χ3v) is 7.37. The number of pyridine rings is 1. The van der Waals surface area contributed by atoms with Gasteiger partial charge in [0.1, 0.15) is 10.2 Å². The van der Waals surface area contributed by atoms with Crippen LogP contribution in [0.3, 0.4) is 0 Å². The molecule has 1 unspecified atom stereocenters. The van der Waals surface area contributed by atoms with Crippen LogP contribution in [0.25, 0.3) is 0 Å². The number of hydrogen-bond donors (Lipinski definition) is 1. The molecule has 1 N–H and O–H groups in total. The Bertz CT molecular complexity index is 1050. The topological polar surface area (TPSA) is 68.8 Å². The molecule has 4 heterocycles. The Balaban J connectivity index is 1.19. The van der Waals surface area contributed by atoms with Gasteiger partial charge in [0, 0.05) is 58.4 Å². The molecule has 9 heteroatoms. The molecule has 2 aromatic rings. The van der Waals surface area contributed by atoms with E-state index in [2.05, 4.69) is 43.2 Å². The van der Waals surface area contributed by atoms with Gasteiger partial charge in [-0.2, -0.15) is 0 Å². The summed E-state index contributed by atoms with van der Waals surface area (Å²) >= 11 is 12.4. The molecule has 7 nitrogen and oxygen atoms in total. The maximum absolute atomic E-state index is 12.2. The van der Waals surface area contributed by atoms with E-state index in [4.69, 9.17) is 23.2 Å². The number of imide groups is 1. The number of fused-ring (bicyclic) bond motifs is 1. The standard InChI is InChI=1S/C23H25Cl2N5O2/c24-21-18(5-6-26-22(21)25)29-9-7-28(8-10-29)12-15-1-2-16-13-30(14-17(16)11-15)19-3-4-20(31)27-23(19)32/h1-2,5-6,11,19H,3-4,7-10,12-14H2,(H,27,31,32). The highest BCUT2D eigenvalue weighted by Crippen LogP contribution is 2.32. The molecule has 5 rings (SSSR count). The Labute approximate surface area is 197 Å². The molecule has 1 aromatic heterocycles. The highest BCUT2D eigenvalue weighted by molar-refractivity contribution is 6.42. The summed E-state index contributed by atoms with van der Waals surface area (Å²) < 4.78 is 0. The third kappa shape index (κ3) is 4.35. The van der Waals surface area contributed by atoms with Crippen molar-refractivity contribution in [2.45, 2.75) is 38.5 Å².